The summed E-state index contributed by atoms with van der Waals surface area (Å²) in [6, 6.07) is -0.852. The van der Waals surface area contributed by atoms with E-state index < -0.39 is 18.1 Å². The molecule has 0 aliphatic heterocycles. The summed E-state index contributed by atoms with van der Waals surface area (Å²) in [5.74, 6) is -0.788. The number of carbonyl (C=O) groups is 2. The molecule has 5 nitrogen and oxygen atoms in total. The Hall–Kier alpha value is -1.26. The van der Waals surface area contributed by atoms with Crippen LogP contribution in [0.2, 0.25) is 0 Å². The van der Waals surface area contributed by atoms with Crippen LogP contribution in [0.1, 0.15) is 33.6 Å². The summed E-state index contributed by atoms with van der Waals surface area (Å²) in [6.07, 6.45) is 0.442. The number of carboxylic acids is 1. The van der Waals surface area contributed by atoms with E-state index in [-0.39, 0.29) is 5.92 Å². The third-order valence-corrected chi connectivity index (χ3v) is 1.72. The molecule has 0 aromatic heterocycles. The molecule has 0 fully saturated rings. The van der Waals surface area contributed by atoms with Crippen LogP contribution in [0.3, 0.4) is 0 Å². The molecule has 0 unspecified atom stereocenters. The van der Waals surface area contributed by atoms with Gasteiger partial charge in [-0.15, -0.1) is 0 Å². The first-order chi connectivity index (χ1) is 6.97. The van der Waals surface area contributed by atoms with Crippen LogP contribution in [0.15, 0.2) is 0 Å². The number of carboxylic acid groups (broad SMARTS) is 1. The lowest BCUT2D eigenvalue weighted by Gasteiger charge is -2.14. The van der Waals surface area contributed by atoms with E-state index in [1.54, 1.807) is 0 Å². The van der Waals surface area contributed by atoms with Gasteiger partial charge in [0.1, 0.15) is 6.04 Å². The molecule has 0 radical (unpaired) electrons. The van der Waals surface area contributed by atoms with Gasteiger partial charge in [-0.05, 0) is 12.3 Å². The Morgan fingerprint density at radius 1 is 1.40 bits per heavy atom. The Bertz CT molecular complexity index is 215. The summed E-state index contributed by atoms with van der Waals surface area (Å²) in [7, 11) is 0. The highest BCUT2D eigenvalue weighted by Gasteiger charge is 2.19. The van der Waals surface area contributed by atoms with Crippen LogP contribution in [-0.2, 0) is 9.53 Å². The van der Waals surface area contributed by atoms with Crippen LogP contribution in [0.4, 0.5) is 4.79 Å². The number of ether oxygens (including phenoxy) is 1. The van der Waals surface area contributed by atoms with Crippen molar-refractivity contribution in [2.45, 2.75) is 39.7 Å². The lowest BCUT2D eigenvalue weighted by Crippen LogP contribution is -2.41. The monoisotopic (exact) mass is 217 g/mol. The Morgan fingerprint density at radius 3 is 2.40 bits per heavy atom. The molecule has 0 spiro atoms. The van der Waals surface area contributed by atoms with Crippen LogP contribution >= 0.6 is 0 Å². The smallest absolute Gasteiger partial charge is 0.407 e. The maximum Gasteiger partial charge on any atom is 0.407 e. The molecular formula is C10H19NO4. The Morgan fingerprint density at radius 2 is 2.00 bits per heavy atom. The van der Waals surface area contributed by atoms with Crippen molar-refractivity contribution in [1.29, 1.82) is 0 Å². The average Bonchev–Trinajstić information content (AvgIpc) is 2.14. The molecule has 0 aromatic rings. The van der Waals surface area contributed by atoms with Crippen molar-refractivity contribution in [3.63, 3.8) is 0 Å². The Labute approximate surface area is 89.8 Å². The number of amides is 1. The number of nitrogens with one attached hydrogen (secondary N) is 1. The molecule has 0 saturated carbocycles. The van der Waals surface area contributed by atoms with Gasteiger partial charge in [0.2, 0.25) is 0 Å². The molecule has 5 heteroatoms. The molecule has 88 valence electrons. The molecular weight excluding hydrogens is 198 g/mol. The number of hydrogen-bond acceptors (Lipinski definition) is 3. The molecule has 1 atom stereocenters. The van der Waals surface area contributed by atoms with E-state index in [2.05, 4.69) is 5.32 Å². The molecule has 0 rings (SSSR count). The van der Waals surface area contributed by atoms with Crippen molar-refractivity contribution in [3.05, 3.63) is 0 Å². The second kappa shape index (κ2) is 7.09. The van der Waals surface area contributed by atoms with Crippen LogP contribution in [-0.4, -0.2) is 29.8 Å². The standard InChI is InChI=1S/C10H19NO4/c1-4-5-8(9(12)13)11-10(14)15-6-7(2)3/h7-8H,4-6H2,1-3H3,(H,11,14)(H,12,13)/t8-/m1/s1. The van der Waals surface area contributed by atoms with Crippen LogP contribution < -0.4 is 5.32 Å². The predicted molar refractivity (Wildman–Crippen MR) is 55.7 cm³/mol. The van der Waals surface area contributed by atoms with E-state index in [0.29, 0.717) is 19.4 Å². The van der Waals surface area contributed by atoms with E-state index >= 15 is 0 Å². The number of aliphatic carboxylic acids is 1. The first-order valence-corrected chi connectivity index (χ1v) is 5.13. The highest BCUT2D eigenvalue weighted by Crippen LogP contribution is 1.98. The maximum atomic E-state index is 11.1. The van der Waals surface area contributed by atoms with Gasteiger partial charge in [-0.1, -0.05) is 27.2 Å². The van der Waals surface area contributed by atoms with Crippen LogP contribution in [0.25, 0.3) is 0 Å². The first kappa shape index (κ1) is 13.7. The molecule has 0 bridgehead atoms. The van der Waals surface area contributed by atoms with E-state index in [9.17, 15) is 9.59 Å². The van der Waals surface area contributed by atoms with Gasteiger partial charge in [-0.2, -0.15) is 0 Å². The quantitative estimate of drug-likeness (QED) is 0.709. The SMILES string of the molecule is CCC[C@@H](NC(=O)OCC(C)C)C(=O)O. The summed E-state index contributed by atoms with van der Waals surface area (Å²) in [6.45, 7) is 5.98. The van der Waals surface area contributed by atoms with Crippen LogP contribution in [0.5, 0.6) is 0 Å². The third kappa shape index (κ3) is 6.76. The second-order valence-corrected chi connectivity index (χ2v) is 3.82. The zero-order valence-corrected chi connectivity index (χ0v) is 9.45. The number of hydrogen-bond donors (Lipinski definition) is 2. The second-order valence-electron chi connectivity index (χ2n) is 3.82. The van der Waals surface area contributed by atoms with Crippen molar-refractivity contribution in [1.82, 2.24) is 5.32 Å². The van der Waals surface area contributed by atoms with Crippen LogP contribution in [0, 0.1) is 5.92 Å². The van der Waals surface area contributed by atoms with Gasteiger partial charge in [0.05, 0.1) is 6.61 Å². The van der Waals surface area contributed by atoms with Gasteiger partial charge < -0.3 is 15.2 Å². The minimum absolute atomic E-state index is 0.241. The summed E-state index contributed by atoms with van der Waals surface area (Å²) < 4.78 is 4.82. The molecule has 0 aliphatic carbocycles. The molecule has 2 N–H and O–H groups in total. The topological polar surface area (TPSA) is 75.6 Å². The zero-order chi connectivity index (χ0) is 11.8. The molecule has 1 amide bonds. The molecule has 0 aliphatic rings. The number of carbonyl (C=O) groups excluding carboxylic acids is 1. The minimum atomic E-state index is -1.03. The highest BCUT2D eigenvalue weighted by molar-refractivity contribution is 5.79. The predicted octanol–water partition coefficient (Wildman–Crippen LogP) is 1.62. The first-order valence-electron chi connectivity index (χ1n) is 5.13. The average molecular weight is 217 g/mol. The molecule has 0 aromatic carbocycles. The fourth-order valence-electron chi connectivity index (χ4n) is 0.972. The van der Waals surface area contributed by atoms with Gasteiger partial charge in [0, 0.05) is 0 Å². The lowest BCUT2D eigenvalue weighted by atomic mass is 10.2. The van der Waals surface area contributed by atoms with Gasteiger partial charge in [0.15, 0.2) is 0 Å². The summed E-state index contributed by atoms with van der Waals surface area (Å²) in [5, 5.41) is 11.1. The van der Waals surface area contributed by atoms with Crippen molar-refractivity contribution in [3.8, 4) is 0 Å². The van der Waals surface area contributed by atoms with E-state index in [1.165, 1.54) is 0 Å². The highest BCUT2D eigenvalue weighted by atomic mass is 16.5. The Kier molecular flexibility index (Phi) is 6.49. The molecule has 15 heavy (non-hydrogen) atoms. The number of alkyl carbamates (subject to hydrolysis) is 1. The fraction of sp³-hybridized carbons (Fsp3) is 0.800. The fourth-order valence-corrected chi connectivity index (χ4v) is 0.972. The van der Waals surface area contributed by atoms with Gasteiger partial charge >= 0.3 is 12.1 Å². The number of rotatable bonds is 6. The maximum absolute atomic E-state index is 11.1. The van der Waals surface area contributed by atoms with E-state index in [0.717, 1.165) is 0 Å². The van der Waals surface area contributed by atoms with Crippen molar-refractivity contribution in [2.75, 3.05) is 6.61 Å². The normalized spacial score (nSPS) is 12.3. The molecule has 0 heterocycles. The molecule has 0 saturated heterocycles. The Balaban J connectivity index is 3.94. The third-order valence-electron chi connectivity index (χ3n) is 1.72. The van der Waals surface area contributed by atoms with Gasteiger partial charge in [-0.25, -0.2) is 9.59 Å². The van der Waals surface area contributed by atoms with Crippen molar-refractivity contribution >= 4 is 12.1 Å². The summed E-state index contributed by atoms with van der Waals surface area (Å²) in [4.78, 5) is 21.8. The minimum Gasteiger partial charge on any atom is -0.480 e. The van der Waals surface area contributed by atoms with E-state index in [4.69, 9.17) is 9.84 Å². The lowest BCUT2D eigenvalue weighted by molar-refractivity contribution is -0.139. The van der Waals surface area contributed by atoms with Crippen molar-refractivity contribution < 1.29 is 19.4 Å². The summed E-state index contributed by atoms with van der Waals surface area (Å²) >= 11 is 0. The van der Waals surface area contributed by atoms with E-state index in [1.807, 2.05) is 20.8 Å². The summed E-state index contributed by atoms with van der Waals surface area (Å²) in [5.41, 5.74) is 0. The zero-order valence-electron chi connectivity index (χ0n) is 9.45. The van der Waals surface area contributed by atoms with Gasteiger partial charge in [0.25, 0.3) is 0 Å². The van der Waals surface area contributed by atoms with Gasteiger partial charge in [-0.3, -0.25) is 0 Å². The largest absolute Gasteiger partial charge is 0.480 e. The van der Waals surface area contributed by atoms with Crippen molar-refractivity contribution in [2.24, 2.45) is 5.92 Å².